The van der Waals surface area contributed by atoms with Crippen LogP contribution in [-0.4, -0.2) is 21.0 Å². The van der Waals surface area contributed by atoms with Crippen LogP contribution in [0.15, 0.2) is 24.3 Å². The maximum absolute atomic E-state index is 10.4. The summed E-state index contributed by atoms with van der Waals surface area (Å²) in [6.45, 7) is 11.9. The number of fused-ring (bicyclic) bond motifs is 1. The Morgan fingerprint density at radius 2 is 1.90 bits per heavy atom. The van der Waals surface area contributed by atoms with Crippen LogP contribution in [0.3, 0.4) is 0 Å². The third-order valence-electron chi connectivity index (χ3n) is 4.57. The lowest BCUT2D eigenvalue weighted by Gasteiger charge is -2.28. The van der Waals surface area contributed by atoms with Gasteiger partial charge in [0.05, 0.1) is 17.3 Å². The first kappa shape index (κ1) is 16.0. The van der Waals surface area contributed by atoms with Crippen molar-refractivity contribution in [3.8, 4) is 0 Å². The van der Waals surface area contributed by atoms with Crippen molar-refractivity contribution < 1.29 is 5.11 Å². The second kappa shape index (κ2) is 6.18. The predicted octanol–water partition coefficient (Wildman–Crippen LogP) is 4.03. The van der Waals surface area contributed by atoms with Crippen LogP contribution >= 0.6 is 0 Å². The molecule has 2 atom stereocenters. The Balaban J connectivity index is 2.16. The van der Waals surface area contributed by atoms with Crippen LogP contribution in [-0.2, 0) is 13.0 Å². The molecule has 2 aromatic rings. The average molecular weight is 288 g/mol. The Morgan fingerprint density at radius 3 is 2.52 bits per heavy atom. The standard InChI is InChI=1S/C18H28N2O/c1-6-20-17-10-8-7-9-15(17)16(19-20)12-14(21)11-13(2)18(3,4)5/h7-10,13-14,21H,6,11-12H2,1-5H3. The molecule has 0 radical (unpaired) electrons. The second-order valence-electron chi connectivity index (χ2n) is 7.14. The lowest BCUT2D eigenvalue weighted by atomic mass is 9.78. The van der Waals surface area contributed by atoms with Crippen molar-refractivity contribution in [1.82, 2.24) is 9.78 Å². The van der Waals surface area contributed by atoms with E-state index in [2.05, 4.69) is 51.9 Å². The molecule has 1 heterocycles. The van der Waals surface area contributed by atoms with Gasteiger partial charge in [0.25, 0.3) is 0 Å². The molecule has 3 heteroatoms. The quantitative estimate of drug-likeness (QED) is 0.902. The van der Waals surface area contributed by atoms with Gasteiger partial charge >= 0.3 is 0 Å². The number of hydrogen-bond donors (Lipinski definition) is 1. The molecule has 0 aliphatic heterocycles. The highest BCUT2D eigenvalue weighted by Gasteiger charge is 2.23. The van der Waals surface area contributed by atoms with E-state index in [1.165, 1.54) is 5.39 Å². The minimum Gasteiger partial charge on any atom is -0.393 e. The Kier molecular flexibility index (Phi) is 4.72. The number of rotatable bonds is 5. The molecule has 1 aromatic heterocycles. The van der Waals surface area contributed by atoms with Crippen LogP contribution in [0.25, 0.3) is 10.9 Å². The van der Waals surface area contributed by atoms with Crippen LogP contribution in [0, 0.1) is 11.3 Å². The molecular weight excluding hydrogens is 260 g/mol. The first-order chi connectivity index (χ1) is 9.82. The van der Waals surface area contributed by atoms with Gasteiger partial charge in [-0.1, -0.05) is 45.9 Å². The van der Waals surface area contributed by atoms with Crippen molar-refractivity contribution in [3.63, 3.8) is 0 Å². The van der Waals surface area contributed by atoms with Gasteiger partial charge in [-0.05, 0) is 30.7 Å². The fraction of sp³-hybridized carbons (Fsp3) is 0.611. The SMILES string of the molecule is CCn1nc(CC(O)CC(C)C(C)(C)C)c2ccccc21. The topological polar surface area (TPSA) is 38.0 Å². The van der Waals surface area contributed by atoms with Gasteiger partial charge in [0.1, 0.15) is 0 Å². The summed E-state index contributed by atoms with van der Waals surface area (Å²) in [5.41, 5.74) is 2.40. The number of aryl methyl sites for hydroxylation is 1. The molecule has 0 bridgehead atoms. The summed E-state index contributed by atoms with van der Waals surface area (Å²) >= 11 is 0. The molecular formula is C18H28N2O. The fourth-order valence-corrected chi connectivity index (χ4v) is 2.66. The van der Waals surface area contributed by atoms with Crippen LogP contribution in [0.5, 0.6) is 0 Å². The van der Waals surface area contributed by atoms with Gasteiger partial charge < -0.3 is 5.11 Å². The zero-order chi connectivity index (χ0) is 15.6. The van der Waals surface area contributed by atoms with E-state index in [-0.39, 0.29) is 11.5 Å². The van der Waals surface area contributed by atoms with Crippen LogP contribution in [0.2, 0.25) is 0 Å². The van der Waals surface area contributed by atoms with Crippen LogP contribution < -0.4 is 0 Å². The first-order valence-corrected chi connectivity index (χ1v) is 7.95. The second-order valence-corrected chi connectivity index (χ2v) is 7.14. The Hall–Kier alpha value is -1.35. The van der Waals surface area contributed by atoms with Gasteiger partial charge in [0.2, 0.25) is 0 Å². The average Bonchev–Trinajstić information content (AvgIpc) is 2.76. The van der Waals surface area contributed by atoms with Crippen molar-refractivity contribution in [2.45, 2.75) is 60.1 Å². The predicted molar refractivity (Wildman–Crippen MR) is 88.4 cm³/mol. The zero-order valence-corrected chi connectivity index (χ0v) is 13.9. The van der Waals surface area contributed by atoms with Gasteiger partial charge in [-0.15, -0.1) is 0 Å². The van der Waals surface area contributed by atoms with E-state index in [9.17, 15) is 5.11 Å². The molecule has 0 fully saturated rings. The molecule has 21 heavy (non-hydrogen) atoms. The molecule has 0 aliphatic rings. The Labute approximate surface area is 128 Å². The van der Waals surface area contributed by atoms with Gasteiger partial charge in [0.15, 0.2) is 0 Å². The molecule has 116 valence electrons. The van der Waals surface area contributed by atoms with Gasteiger partial charge in [-0.3, -0.25) is 4.68 Å². The van der Waals surface area contributed by atoms with E-state index in [1.807, 2.05) is 16.8 Å². The van der Waals surface area contributed by atoms with Crippen molar-refractivity contribution in [1.29, 1.82) is 0 Å². The van der Waals surface area contributed by atoms with E-state index < -0.39 is 0 Å². The number of para-hydroxylation sites is 1. The molecule has 0 spiro atoms. The monoisotopic (exact) mass is 288 g/mol. The maximum Gasteiger partial charge on any atom is 0.0729 e. The lowest BCUT2D eigenvalue weighted by molar-refractivity contribution is 0.109. The molecule has 0 amide bonds. The number of aliphatic hydroxyl groups is 1. The normalized spacial score (nSPS) is 15.3. The molecule has 1 N–H and O–H groups in total. The molecule has 1 aromatic carbocycles. The zero-order valence-electron chi connectivity index (χ0n) is 13.9. The van der Waals surface area contributed by atoms with Crippen molar-refractivity contribution in [3.05, 3.63) is 30.0 Å². The molecule has 0 saturated heterocycles. The molecule has 2 rings (SSSR count). The summed E-state index contributed by atoms with van der Waals surface area (Å²) in [5, 5.41) is 16.3. The van der Waals surface area contributed by atoms with E-state index >= 15 is 0 Å². The highest BCUT2D eigenvalue weighted by molar-refractivity contribution is 5.81. The van der Waals surface area contributed by atoms with Gasteiger partial charge in [0, 0.05) is 18.4 Å². The summed E-state index contributed by atoms with van der Waals surface area (Å²) in [7, 11) is 0. The largest absolute Gasteiger partial charge is 0.393 e. The number of nitrogens with zero attached hydrogens (tertiary/aromatic N) is 2. The highest BCUT2D eigenvalue weighted by atomic mass is 16.3. The van der Waals surface area contributed by atoms with E-state index in [0.29, 0.717) is 12.3 Å². The number of benzene rings is 1. The number of aromatic nitrogens is 2. The summed E-state index contributed by atoms with van der Waals surface area (Å²) in [6.07, 6.45) is 1.12. The summed E-state index contributed by atoms with van der Waals surface area (Å²) in [6, 6.07) is 8.28. The highest BCUT2D eigenvalue weighted by Crippen LogP contribution is 2.30. The van der Waals surface area contributed by atoms with Crippen LogP contribution in [0.1, 0.15) is 46.7 Å². The lowest BCUT2D eigenvalue weighted by Crippen LogP contribution is -2.24. The molecule has 0 saturated carbocycles. The summed E-state index contributed by atoms with van der Waals surface area (Å²) in [4.78, 5) is 0. The summed E-state index contributed by atoms with van der Waals surface area (Å²) < 4.78 is 2.02. The molecule has 2 unspecified atom stereocenters. The van der Waals surface area contributed by atoms with E-state index in [1.54, 1.807) is 0 Å². The molecule has 3 nitrogen and oxygen atoms in total. The van der Waals surface area contributed by atoms with Gasteiger partial charge in [-0.25, -0.2) is 0 Å². The first-order valence-electron chi connectivity index (χ1n) is 7.95. The summed E-state index contributed by atoms with van der Waals surface area (Å²) in [5.74, 6) is 0.479. The van der Waals surface area contributed by atoms with E-state index in [4.69, 9.17) is 0 Å². The smallest absolute Gasteiger partial charge is 0.0729 e. The molecule has 0 aliphatic carbocycles. The van der Waals surface area contributed by atoms with E-state index in [0.717, 1.165) is 24.2 Å². The maximum atomic E-state index is 10.4. The van der Waals surface area contributed by atoms with Crippen molar-refractivity contribution in [2.24, 2.45) is 11.3 Å². The minimum absolute atomic E-state index is 0.228. The Morgan fingerprint density at radius 1 is 1.24 bits per heavy atom. The van der Waals surface area contributed by atoms with Gasteiger partial charge in [-0.2, -0.15) is 5.10 Å². The van der Waals surface area contributed by atoms with Crippen molar-refractivity contribution in [2.75, 3.05) is 0 Å². The van der Waals surface area contributed by atoms with Crippen molar-refractivity contribution >= 4 is 10.9 Å². The third kappa shape index (κ3) is 3.65. The number of aliphatic hydroxyl groups excluding tert-OH is 1. The minimum atomic E-state index is -0.331. The van der Waals surface area contributed by atoms with Crippen LogP contribution in [0.4, 0.5) is 0 Å². The number of hydrogen-bond acceptors (Lipinski definition) is 2. The Bertz CT molecular complexity index is 595. The fourth-order valence-electron chi connectivity index (χ4n) is 2.66. The third-order valence-corrected chi connectivity index (χ3v) is 4.57.